The summed E-state index contributed by atoms with van der Waals surface area (Å²) in [5.41, 5.74) is 0. The SMILES string of the molecule is CCC1NC(c2nc3n(n2)CCO3)CNC1=O. The third-order valence-electron chi connectivity index (χ3n) is 3.11. The maximum absolute atomic E-state index is 11.5. The topological polar surface area (TPSA) is 81.1 Å². The Morgan fingerprint density at radius 2 is 2.47 bits per heavy atom. The fraction of sp³-hybridized carbons (Fsp3) is 0.700. The number of fused-ring (bicyclic) bond motifs is 1. The van der Waals surface area contributed by atoms with Crippen molar-refractivity contribution in [1.82, 2.24) is 25.4 Å². The standard InChI is InChI=1S/C10H15N5O2/c1-2-6-9(16)11-5-7(12-6)8-13-10-15(14-8)3-4-17-10/h6-7,12H,2-5H2,1H3,(H,11,16). The van der Waals surface area contributed by atoms with E-state index in [1.165, 1.54) is 0 Å². The number of carbonyl (C=O) groups is 1. The number of aromatic nitrogens is 3. The van der Waals surface area contributed by atoms with Gasteiger partial charge in [0.15, 0.2) is 5.82 Å². The van der Waals surface area contributed by atoms with Gasteiger partial charge in [-0.1, -0.05) is 6.92 Å². The van der Waals surface area contributed by atoms with Crippen LogP contribution in [-0.2, 0) is 11.3 Å². The molecule has 1 fully saturated rings. The summed E-state index contributed by atoms with van der Waals surface area (Å²) in [6.45, 7) is 3.89. The molecule has 0 spiro atoms. The van der Waals surface area contributed by atoms with Crippen LogP contribution in [0.25, 0.3) is 0 Å². The van der Waals surface area contributed by atoms with Gasteiger partial charge in [-0.05, 0) is 6.42 Å². The lowest BCUT2D eigenvalue weighted by Gasteiger charge is -2.28. The molecule has 17 heavy (non-hydrogen) atoms. The number of ether oxygens (including phenoxy) is 1. The van der Waals surface area contributed by atoms with Crippen LogP contribution in [0.4, 0.5) is 0 Å². The highest BCUT2D eigenvalue weighted by Gasteiger charge is 2.31. The van der Waals surface area contributed by atoms with E-state index in [4.69, 9.17) is 4.74 Å². The van der Waals surface area contributed by atoms with Gasteiger partial charge in [0.25, 0.3) is 0 Å². The van der Waals surface area contributed by atoms with Crippen molar-refractivity contribution in [3.05, 3.63) is 5.82 Å². The van der Waals surface area contributed by atoms with Gasteiger partial charge in [0.1, 0.15) is 6.61 Å². The number of carbonyl (C=O) groups excluding carboxylic acids is 1. The average Bonchev–Trinajstić information content (AvgIpc) is 2.90. The van der Waals surface area contributed by atoms with Crippen molar-refractivity contribution in [3.8, 4) is 6.01 Å². The third kappa shape index (κ3) is 1.76. The Morgan fingerprint density at radius 1 is 1.59 bits per heavy atom. The Labute approximate surface area is 98.5 Å². The largest absolute Gasteiger partial charge is 0.462 e. The van der Waals surface area contributed by atoms with E-state index in [1.807, 2.05) is 6.92 Å². The van der Waals surface area contributed by atoms with Gasteiger partial charge < -0.3 is 10.1 Å². The first-order chi connectivity index (χ1) is 8.28. The summed E-state index contributed by atoms with van der Waals surface area (Å²) in [6.07, 6.45) is 0.756. The van der Waals surface area contributed by atoms with E-state index in [2.05, 4.69) is 20.7 Å². The first-order valence-electron chi connectivity index (χ1n) is 5.89. The highest BCUT2D eigenvalue weighted by molar-refractivity contribution is 5.82. The van der Waals surface area contributed by atoms with Crippen LogP contribution >= 0.6 is 0 Å². The van der Waals surface area contributed by atoms with E-state index < -0.39 is 0 Å². The maximum atomic E-state index is 11.5. The van der Waals surface area contributed by atoms with Gasteiger partial charge in [-0.25, -0.2) is 4.68 Å². The number of hydrogen-bond donors (Lipinski definition) is 2. The maximum Gasteiger partial charge on any atom is 0.315 e. The minimum absolute atomic E-state index is 0.0284. The Hall–Kier alpha value is -1.63. The van der Waals surface area contributed by atoms with E-state index in [1.54, 1.807) is 4.68 Å². The average molecular weight is 237 g/mol. The summed E-state index contributed by atoms with van der Waals surface area (Å²) in [4.78, 5) is 15.8. The van der Waals surface area contributed by atoms with Crippen molar-refractivity contribution in [1.29, 1.82) is 0 Å². The van der Waals surface area contributed by atoms with Gasteiger partial charge in [-0.3, -0.25) is 10.1 Å². The van der Waals surface area contributed by atoms with Crippen molar-refractivity contribution >= 4 is 5.91 Å². The first kappa shape index (κ1) is 10.5. The molecule has 1 saturated heterocycles. The molecule has 0 bridgehead atoms. The number of rotatable bonds is 2. The van der Waals surface area contributed by atoms with Crippen molar-refractivity contribution in [2.45, 2.75) is 32.0 Å². The minimum Gasteiger partial charge on any atom is -0.462 e. The van der Waals surface area contributed by atoms with E-state index in [-0.39, 0.29) is 18.0 Å². The molecule has 2 unspecified atom stereocenters. The van der Waals surface area contributed by atoms with Crippen LogP contribution in [0, 0.1) is 0 Å². The zero-order chi connectivity index (χ0) is 11.8. The molecule has 92 valence electrons. The number of piperazine rings is 1. The van der Waals surface area contributed by atoms with Crippen LogP contribution in [0.15, 0.2) is 0 Å². The Morgan fingerprint density at radius 3 is 3.24 bits per heavy atom. The van der Waals surface area contributed by atoms with Crippen LogP contribution < -0.4 is 15.4 Å². The van der Waals surface area contributed by atoms with Gasteiger partial charge in [-0.15, -0.1) is 0 Å². The molecule has 3 heterocycles. The fourth-order valence-corrected chi connectivity index (χ4v) is 2.14. The molecule has 0 aromatic carbocycles. The molecule has 0 radical (unpaired) electrons. The molecule has 0 aliphatic carbocycles. The molecule has 2 N–H and O–H groups in total. The molecule has 1 aromatic heterocycles. The second kappa shape index (κ2) is 3.99. The molecule has 3 rings (SSSR count). The predicted molar refractivity (Wildman–Crippen MR) is 58.5 cm³/mol. The molecule has 7 heteroatoms. The molecule has 2 aliphatic rings. The quantitative estimate of drug-likeness (QED) is 0.704. The van der Waals surface area contributed by atoms with Gasteiger partial charge in [0.2, 0.25) is 5.91 Å². The van der Waals surface area contributed by atoms with Crippen LogP contribution in [-0.4, -0.2) is 39.9 Å². The monoisotopic (exact) mass is 237 g/mol. The molecule has 7 nitrogen and oxygen atoms in total. The second-order valence-electron chi connectivity index (χ2n) is 4.25. The van der Waals surface area contributed by atoms with Crippen LogP contribution in [0.3, 0.4) is 0 Å². The lowest BCUT2D eigenvalue weighted by Crippen LogP contribution is -2.54. The van der Waals surface area contributed by atoms with E-state index in [0.29, 0.717) is 25.0 Å². The highest BCUT2D eigenvalue weighted by Crippen LogP contribution is 2.19. The summed E-state index contributed by atoms with van der Waals surface area (Å²) in [7, 11) is 0. The Balaban J connectivity index is 1.77. The molecular weight excluding hydrogens is 222 g/mol. The van der Waals surface area contributed by atoms with E-state index >= 15 is 0 Å². The number of nitrogens with one attached hydrogen (secondary N) is 2. The minimum atomic E-state index is -0.159. The zero-order valence-electron chi connectivity index (χ0n) is 9.64. The van der Waals surface area contributed by atoms with Crippen LogP contribution in [0.2, 0.25) is 0 Å². The molecule has 0 saturated carbocycles. The lowest BCUT2D eigenvalue weighted by atomic mass is 10.1. The van der Waals surface area contributed by atoms with E-state index in [0.717, 1.165) is 13.0 Å². The normalized spacial score (nSPS) is 27.5. The molecule has 2 atom stereocenters. The molecule has 1 aromatic rings. The van der Waals surface area contributed by atoms with Crippen LogP contribution in [0.1, 0.15) is 25.2 Å². The van der Waals surface area contributed by atoms with Gasteiger partial charge in [0.05, 0.1) is 18.6 Å². The first-order valence-corrected chi connectivity index (χ1v) is 5.89. The summed E-state index contributed by atoms with van der Waals surface area (Å²) in [5, 5.41) is 10.5. The van der Waals surface area contributed by atoms with Gasteiger partial charge >= 0.3 is 6.01 Å². The second-order valence-corrected chi connectivity index (χ2v) is 4.25. The van der Waals surface area contributed by atoms with Gasteiger partial charge in [-0.2, -0.15) is 10.1 Å². The number of nitrogens with zero attached hydrogens (tertiary/aromatic N) is 3. The summed E-state index contributed by atoms with van der Waals surface area (Å²) in [6, 6.07) is 0.388. The van der Waals surface area contributed by atoms with Crippen molar-refractivity contribution in [2.24, 2.45) is 0 Å². The number of hydrogen-bond acceptors (Lipinski definition) is 5. The summed E-state index contributed by atoms with van der Waals surface area (Å²) >= 11 is 0. The van der Waals surface area contributed by atoms with Gasteiger partial charge in [0, 0.05) is 6.54 Å². The lowest BCUT2D eigenvalue weighted by molar-refractivity contribution is -0.125. The van der Waals surface area contributed by atoms with Crippen molar-refractivity contribution in [2.75, 3.05) is 13.2 Å². The highest BCUT2D eigenvalue weighted by atomic mass is 16.5. The fourth-order valence-electron chi connectivity index (χ4n) is 2.14. The summed E-state index contributed by atoms with van der Waals surface area (Å²) < 4.78 is 7.08. The molecule has 2 aliphatic heterocycles. The molecular formula is C10H15N5O2. The number of amides is 1. The Kier molecular flexibility index (Phi) is 2.47. The summed E-state index contributed by atoms with van der Waals surface area (Å²) in [5.74, 6) is 0.741. The van der Waals surface area contributed by atoms with Crippen LogP contribution in [0.5, 0.6) is 6.01 Å². The predicted octanol–water partition coefficient (Wildman–Crippen LogP) is -0.790. The zero-order valence-corrected chi connectivity index (χ0v) is 9.64. The van der Waals surface area contributed by atoms with Crippen molar-refractivity contribution in [3.63, 3.8) is 0 Å². The van der Waals surface area contributed by atoms with E-state index in [9.17, 15) is 4.79 Å². The third-order valence-corrected chi connectivity index (χ3v) is 3.11. The van der Waals surface area contributed by atoms with Crippen molar-refractivity contribution < 1.29 is 9.53 Å². The Bertz CT molecular complexity index is 422. The molecule has 1 amide bonds. The smallest absolute Gasteiger partial charge is 0.315 e.